The molecular formula is C25H35N3O3. The third-order valence-electron chi connectivity index (χ3n) is 5.86. The molecule has 31 heavy (non-hydrogen) atoms. The van der Waals surface area contributed by atoms with Crippen molar-refractivity contribution in [3.63, 3.8) is 0 Å². The van der Waals surface area contributed by atoms with E-state index in [-0.39, 0.29) is 12.1 Å². The molecule has 0 spiro atoms. The molecule has 6 heteroatoms. The van der Waals surface area contributed by atoms with Gasteiger partial charge in [-0.2, -0.15) is 0 Å². The highest BCUT2D eigenvalue weighted by atomic mass is 16.5. The molecule has 0 aliphatic carbocycles. The molecule has 0 saturated carbocycles. The first-order valence-corrected chi connectivity index (χ1v) is 11.2. The van der Waals surface area contributed by atoms with Gasteiger partial charge in [0.1, 0.15) is 0 Å². The number of hydrogen-bond acceptors (Lipinski definition) is 4. The minimum Gasteiger partial charge on any atom is -0.493 e. The maximum absolute atomic E-state index is 12.7. The van der Waals surface area contributed by atoms with E-state index in [4.69, 9.17) is 9.47 Å². The van der Waals surface area contributed by atoms with Crippen molar-refractivity contribution in [1.82, 2.24) is 15.5 Å². The summed E-state index contributed by atoms with van der Waals surface area (Å²) in [6, 6.07) is 15.7. The fourth-order valence-corrected chi connectivity index (χ4v) is 4.23. The maximum atomic E-state index is 12.7. The second kappa shape index (κ2) is 11.6. The lowest BCUT2D eigenvalue weighted by Gasteiger charge is -2.21. The van der Waals surface area contributed by atoms with Gasteiger partial charge in [0, 0.05) is 13.1 Å². The van der Waals surface area contributed by atoms with Gasteiger partial charge in [-0.1, -0.05) is 43.3 Å². The molecule has 1 aliphatic heterocycles. The van der Waals surface area contributed by atoms with Gasteiger partial charge in [-0.05, 0) is 61.5 Å². The lowest BCUT2D eigenvalue weighted by Crippen LogP contribution is -2.41. The third-order valence-corrected chi connectivity index (χ3v) is 5.86. The van der Waals surface area contributed by atoms with E-state index in [0.29, 0.717) is 30.4 Å². The number of urea groups is 1. The highest BCUT2D eigenvalue weighted by molar-refractivity contribution is 5.74. The van der Waals surface area contributed by atoms with Crippen molar-refractivity contribution in [2.75, 3.05) is 40.4 Å². The Bertz CT molecular complexity index is 828. The molecule has 168 valence electrons. The van der Waals surface area contributed by atoms with Crippen LogP contribution in [0.4, 0.5) is 4.79 Å². The normalized spacial score (nSPS) is 17.2. The fourth-order valence-electron chi connectivity index (χ4n) is 4.23. The highest BCUT2D eigenvalue weighted by Crippen LogP contribution is 2.29. The van der Waals surface area contributed by atoms with Crippen molar-refractivity contribution in [1.29, 1.82) is 0 Å². The van der Waals surface area contributed by atoms with E-state index in [1.165, 1.54) is 6.42 Å². The van der Waals surface area contributed by atoms with Crippen LogP contribution >= 0.6 is 0 Å². The van der Waals surface area contributed by atoms with E-state index in [0.717, 1.165) is 37.2 Å². The Morgan fingerprint density at radius 3 is 2.61 bits per heavy atom. The summed E-state index contributed by atoms with van der Waals surface area (Å²) in [5.74, 6) is 1.91. The summed E-state index contributed by atoms with van der Waals surface area (Å²) in [4.78, 5) is 15.2. The minimum absolute atomic E-state index is 0.122. The van der Waals surface area contributed by atoms with Crippen LogP contribution < -0.4 is 20.1 Å². The Morgan fingerprint density at radius 1 is 1.13 bits per heavy atom. The average molecular weight is 426 g/mol. The molecule has 2 aromatic carbocycles. The zero-order valence-corrected chi connectivity index (χ0v) is 18.9. The van der Waals surface area contributed by atoms with Gasteiger partial charge in [0.15, 0.2) is 11.5 Å². The Balaban J connectivity index is 1.62. The number of benzene rings is 2. The molecule has 3 rings (SSSR count). The third kappa shape index (κ3) is 6.62. The van der Waals surface area contributed by atoms with Gasteiger partial charge in [0.25, 0.3) is 0 Å². The van der Waals surface area contributed by atoms with Gasteiger partial charge in [0.2, 0.25) is 0 Å². The Morgan fingerprint density at radius 2 is 1.90 bits per heavy atom. The maximum Gasteiger partial charge on any atom is 0.315 e. The Hall–Kier alpha value is -2.73. The summed E-state index contributed by atoms with van der Waals surface area (Å²) < 4.78 is 10.8. The summed E-state index contributed by atoms with van der Waals surface area (Å²) in [6.45, 7) is 6.27. The first kappa shape index (κ1) is 22.9. The SMILES string of the molecule is CCCN1CCC(CNC(=O)NC(Cc2ccc(OC)c(OC)c2)c2ccccc2)C1. The van der Waals surface area contributed by atoms with Crippen LogP contribution in [-0.2, 0) is 6.42 Å². The number of nitrogens with one attached hydrogen (secondary N) is 2. The number of carbonyl (C=O) groups excluding carboxylic acids is 1. The molecule has 2 N–H and O–H groups in total. The Kier molecular flexibility index (Phi) is 8.59. The number of carbonyl (C=O) groups is 1. The minimum atomic E-state index is -0.139. The van der Waals surface area contributed by atoms with Crippen LogP contribution in [0.15, 0.2) is 48.5 Å². The van der Waals surface area contributed by atoms with E-state index in [1.54, 1.807) is 14.2 Å². The summed E-state index contributed by atoms with van der Waals surface area (Å²) in [5, 5.41) is 6.27. The summed E-state index contributed by atoms with van der Waals surface area (Å²) in [6.07, 6.45) is 2.98. The molecule has 2 unspecified atom stereocenters. The second-order valence-corrected chi connectivity index (χ2v) is 8.17. The van der Waals surface area contributed by atoms with E-state index in [2.05, 4.69) is 22.5 Å². The Labute approximate surface area is 185 Å². The van der Waals surface area contributed by atoms with Crippen LogP contribution in [-0.4, -0.2) is 51.3 Å². The lowest BCUT2D eigenvalue weighted by molar-refractivity contribution is 0.234. The molecule has 2 atom stereocenters. The zero-order valence-electron chi connectivity index (χ0n) is 18.9. The van der Waals surface area contributed by atoms with Crippen molar-refractivity contribution in [3.8, 4) is 11.5 Å². The summed E-state index contributed by atoms with van der Waals surface area (Å²) in [7, 11) is 3.26. The smallest absolute Gasteiger partial charge is 0.315 e. The van der Waals surface area contributed by atoms with Crippen LogP contribution in [0.1, 0.15) is 36.9 Å². The van der Waals surface area contributed by atoms with Crippen LogP contribution in [0.25, 0.3) is 0 Å². The van der Waals surface area contributed by atoms with Gasteiger partial charge < -0.3 is 25.0 Å². The van der Waals surface area contributed by atoms with Crippen LogP contribution in [0, 0.1) is 5.92 Å². The highest BCUT2D eigenvalue weighted by Gasteiger charge is 2.23. The summed E-state index contributed by atoms with van der Waals surface area (Å²) >= 11 is 0. The largest absolute Gasteiger partial charge is 0.493 e. The number of likely N-dealkylation sites (tertiary alicyclic amines) is 1. The van der Waals surface area contributed by atoms with Gasteiger partial charge in [-0.3, -0.25) is 0 Å². The molecule has 0 aromatic heterocycles. The van der Waals surface area contributed by atoms with Gasteiger partial charge in [-0.15, -0.1) is 0 Å². The molecule has 1 heterocycles. The van der Waals surface area contributed by atoms with Crippen LogP contribution in [0.3, 0.4) is 0 Å². The zero-order chi connectivity index (χ0) is 22.1. The molecule has 1 fully saturated rings. The van der Waals surface area contributed by atoms with Crippen molar-refractivity contribution < 1.29 is 14.3 Å². The predicted octanol–water partition coefficient (Wildman–Crippen LogP) is 4.02. The van der Waals surface area contributed by atoms with Crippen molar-refractivity contribution in [2.24, 2.45) is 5.92 Å². The summed E-state index contributed by atoms with van der Waals surface area (Å²) in [5.41, 5.74) is 2.14. The topological polar surface area (TPSA) is 62.8 Å². The quantitative estimate of drug-likeness (QED) is 0.604. The molecule has 1 saturated heterocycles. The molecule has 2 aromatic rings. The van der Waals surface area contributed by atoms with Crippen LogP contribution in [0.5, 0.6) is 11.5 Å². The van der Waals surface area contributed by atoms with Gasteiger partial charge in [0.05, 0.1) is 20.3 Å². The van der Waals surface area contributed by atoms with Gasteiger partial charge in [-0.25, -0.2) is 4.79 Å². The molecule has 0 radical (unpaired) electrons. The number of amides is 2. The monoisotopic (exact) mass is 425 g/mol. The molecule has 0 bridgehead atoms. The van der Waals surface area contributed by atoms with Crippen LogP contribution in [0.2, 0.25) is 0 Å². The van der Waals surface area contributed by atoms with E-state index in [9.17, 15) is 4.79 Å². The molecule has 6 nitrogen and oxygen atoms in total. The molecule has 1 aliphatic rings. The standard InChI is InChI=1S/C25H35N3O3/c1-4-13-28-14-12-20(18-28)17-26-25(29)27-22(21-8-6-5-7-9-21)15-19-10-11-23(30-2)24(16-19)31-3/h5-11,16,20,22H,4,12-15,17-18H2,1-3H3,(H2,26,27,29). The van der Waals surface area contributed by atoms with Crippen molar-refractivity contribution >= 4 is 6.03 Å². The van der Waals surface area contributed by atoms with E-state index >= 15 is 0 Å². The van der Waals surface area contributed by atoms with E-state index < -0.39 is 0 Å². The molecular weight excluding hydrogens is 390 g/mol. The number of ether oxygens (including phenoxy) is 2. The fraction of sp³-hybridized carbons (Fsp3) is 0.480. The predicted molar refractivity (Wildman–Crippen MR) is 124 cm³/mol. The lowest BCUT2D eigenvalue weighted by atomic mass is 9.98. The first-order chi connectivity index (χ1) is 15.1. The number of rotatable bonds is 10. The second-order valence-electron chi connectivity index (χ2n) is 8.17. The van der Waals surface area contributed by atoms with Crippen molar-refractivity contribution in [2.45, 2.75) is 32.2 Å². The number of hydrogen-bond donors (Lipinski definition) is 2. The first-order valence-electron chi connectivity index (χ1n) is 11.2. The van der Waals surface area contributed by atoms with Crippen molar-refractivity contribution in [3.05, 3.63) is 59.7 Å². The van der Waals surface area contributed by atoms with Gasteiger partial charge >= 0.3 is 6.03 Å². The van der Waals surface area contributed by atoms with E-state index in [1.807, 2.05) is 48.5 Å². The number of methoxy groups -OCH3 is 2. The number of nitrogens with zero attached hydrogens (tertiary/aromatic N) is 1. The molecule has 2 amide bonds. The average Bonchev–Trinajstić information content (AvgIpc) is 3.25.